The predicted octanol–water partition coefficient (Wildman–Crippen LogP) is 1.66. The van der Waals surface area contributed by atoms with E-state index in [1.165, 1.54) is 4.88 Å². The fourth-order valence-corrected chi connectivity index (χ4v) is 1.49. The molecule has 0 amide bonds. The van der Waals surface area contributed by atoms with Gasteiger partial charge in [-0.15, -0.1) is 11.3 Å². The molecule has 1 aliphatic rings. The van der Waals surface area contributed by atoms with E-state index >= 15 is 0 Å². The van der Waals surface area contributed by atoms with Crippen LogP contribution in [0.3, 0.4) is 0 Å². The van der Waals surface area contributed by atoms with Crippen LogP contribution in [0.15, 0.2) is 17.5 Å². The van der Waals surface area contributed by atoms with E-state index in [0.29, 0.717) is 6.10 Å². The molecule has 1 aliphatic heterocycles. The van der Waals surface area contributed by atoms with E-state index < -0.39 is 0 Å². The third-order valence-electron chi connectivity index (χ3n) is 1.53. The van der Waals surface area contributed by atoms with Gasteiger partial charge in [0.25, 0.3) is 0 Å². The van der Waals surface area contributed by atoms with Gasteiger partial charge in [0.15, 0.2) is 0 Å². The highest BCUT2D eigenvalue weighted by molar-refractivity contribution is 7.09. The molecule has 2 heterocycles. The molecule has 2 rings (SSSR count). The minimum Gasteiger partial charge on any atom is -0.373 e. The van der Waals surface area contributed by atoms with Crippen molar-refractivity contribution in [3.63, 3.8) is 0 Å². The van der Waals surface area contributed by atoms with E-state index in [-0.39, 0.29) is 0 Å². The van der Waals surface area contributed by atoms with E-state index in [0.717, 1.165) is 19.8 Å². The lowest BCUT2D eigenvalue weighted by Gasteiger charge is -1.97. The molecule has 11 heavy (non-hydrogen) atoms. The number of ether oxygens (including phenoxy) is 2. The topological polar surface area (TPSA) is 21.8 Å². The molecule has 0 unspecified atom stereocenters. The average Bonchev–Trinajstić information content (AvgIpc) is 2.66. The minimum atomic E-state index is 0.384. The summed E-state index contributed by atoms with van der Waals surface area (Å²) in [5.41, 5.74) is 0. The normalized spacial score (nSPS) is 22.0. The predicted molar refractivity (Wildman–Crippen MR) is 43.7 cm³/mol. The minimum absolute atomic E-state index is 0.384. The maximum absolute atomic E-state index is 5.39. The lowest BCUT2D eigenvalue weighted by Crippen LogP contribution is -1.99. The van der Waals surface area contributed by atoms with E-state index in [4.69, 9.17) is 9.47 Å². The van der Waals surface area contributed by atoms with Gasteiger partial charge in [0.1, 0.15) is 6.10 Å². The molecule has 1 atom stereocenters. The van der Waals surface area contributed by atoms with Crippen LogP contribution >= 0.6 is 11.3 Å². The molecule has 1 saturated heterocycles. The zero-order valence-corrected chi connectivity index (χ0v) is 6.97. The Balaban J connectivity index is 1.66. The van der Waals surface area contributed by atoms with Crippen molar-refractivity contribution in [2.45, 2.75) is 12.7 Å². The van der Waals surface area contributed by atoms with Crippen LogP contribution in [-0.2, 0) is 16.1 Å². The fourth-order valence-electron chi connectivity index (χ4n) is 0.850. The Hall–Kier alpha value is -0.380. The second-order valence-corrected chi connectivity index (χ2v) is 3.58. The quantitative estimate of drug-likeness (QED) is 0.641. The van der Waals surface area contributed by atoms with E-state index in [9.17, 15) is 0 Å². The summed E-state index contributed by atoms with van der Waals surface area (Å²) in [7, 11) is 0. The van der Waals surface area contributed by atoms with Gasteiger partial charge in [-0.1, -0.05) is 6.07 Å². The van der Waals surface area contributed by atoms with Gasteiger partial charge in [-0.05, 0) is 11.4 Å². The zero-order valence-electron chi connectivity index (χ0n) is 6.16. The van der Waals surface area contributed by atoms with Gasteiger partial charge in [-0.3, -0.25) is 0 Å². The van der Waals surface area contributed by atoms with Crippen molar-refractivity contribution >= 4 is 11.3 Å². The first-order valence-corrected chi connectivity index (χ1v) is 4.55. The van der Waals surface area contributed by atoms with E-state index in [1.54, 1.807) is 11.3 Å². The summed E-state index contributed by atoms with van der Waals surface area (Å²) in [6, 6.07) is 4.12. The summed E-state index contributed by atoms with van der Waals surface area (Å²) in [5.74, 6) is 0. The van der Waals surface area contributed by atoms with Crippen molar-refractivity contribution in [1.29, 1.82) is 0 Å². The maximum Gasteiger partial charge on any atom is 0.104 e. The van der Waals surface area contributed by atoms with E-state index in [1.807, 2.05) is 6.07 Å². The second-order valence-electron chi connectivity index (χ2n) is 2.55. The van der Waals surface area contributed by atoms with Gasteiger partial charge in [-0.2, -0.15) is 0 Å². The molecule has 0 radical (unpaired) electrons. The van der Waals surface area contributed by atoms with Crippen LogP contribution in [0.4, 0.5) is 0 Å². The highest BCUT2D eigenvalue weighted by Crippen LogP contribution is 2.13. The molecular weight excluding hydrogens is 160 g/mol. The van der Waals surface area contributed by atoms with Crippen LogP contribution < -0.4 is 0 Å². The molecule has 2 nitrogen and oxygen atoms in total. The van der Waals surface area contributed by atoms with Crippen LogP contribution in [0.25, 0.3) is 0 Å². The summed E-state index contributed by atoms with van der Waals surface area (Å²) in [6.07, 6.45) is 0.384. The Morgan fingerprint density at radius 1 is 1.73 bits per heavy atom. The van der Waals surface area contributed by atoms with Crippen LogP contribution in [0.1, 0.15) is 4.88 Å². The third-order valence-corrected chi connectivity index (χ3v) is 2.38. The molecule has 0 bridgehead atoms. The monoisotopic (exact) mass is 170 g/mol. The van der Waals surface area contributed by atoms with Crippen molar-refractivity contribution in [3.8, 4) is 0 Å². The molecular formula is C8H10O2S. The first-order chi connectivity index (χ1) is 5.45. The lowest BCUT2D eigenvalue weighted by molar-refractivity contribution is 0.106. The van der Waals surface area contributed by atoms with Gasteiger partial charge >= 0.3 is 0 Å². The van der Waals surface area contributed by atoms with Crippen molar-refractivity contribution in [1.82, 2.24) is 0 Å². The Morgan fingerprint density at radius 3 is 3.27 bits per heavy atom. The van der Waals surface area contributed by atoms with Gasteiger partial charge < -0.3 is 9.47 Å². The Labute approximate surface area is 69.8 Å². The van der Waals surface area contributed by atoms with Crippen LogP contribution in [0.5, 0.6) is 0 Å². The first kappa shape index (κ1) is 7.28. The highest BCUT2D eigenvalue weighted by atomic mass is 32.1. The van der Waals surface area contributed by atoms with Crippen LogP contribution in [-0.4, -0.2) is 19.3 Å². The number of hydrogen-bond donors (Lipinski definition) is 0. The van der Waals surface area contributed by atoms with Crippen molar-refractivity contribution < 1.29 is 9.47 Å². The summed E-state index contributed by atoms with van der Waals surface area (Å²) < 4.78 is 10.4. The van der Waals surface area contributed by atoms with Crippen molar-refractivity contribution in [2.75, 3.05) is 13.2 Å². The smallest absolute Gasteiger partial charge is 0.104 e. The molecule has 0 saturated carbocycles. The maximum atomic E-state index is 5.39. The number of thiophene rings is 1. The molecule has 3 heteroatoms. The summed E-state index contributed by atoms with van der Waals surface area (Å²) in [6.45, 7) is 2.36. The van der Waals surface area contributed by atoms with Crippen molar-refractivity contribution in [2.24, 2.45) is 0 Å². The third kappa shape index (κ3) is 2.29. The summed E-state index contributed by atoms with van der Waals surface area (Å²) in [4.78, 5) is 1.28. The summed E-state index contributed by atoms with van der Waals surface area (Å²) in [5, 5.41) is 2.06. The molecule has 1 fully saturated rings. The van der Waals surface area contributed by atoms with Gasteiger partial charge in [0, 0.05) is 4.88 Å². The van der Waals surface area contributed by atoms with Crippen LogP contribution in [0, 0.1) is 0 Å². The zero-order chi connectivity index (χ0) is 7.52. The van der Waals surface area contributed by atoms with E-state index in [2.05, 4.69) is 11.4 Å². The Morgan fingerprint density at radius 2 is 2.64 bits per heavy atom. The Bertz CT molecular complexity index is 204. The van der Waals surface area contributed by atoms with Gasteiger partial charge in [0.2, 0.25) is 0 Å². The van der Waals surface area contributed by atoms with Crippen molar-refractivity contribution in [3.05, 3.63) is 22.4 Å². The number of epoxide rings is 1. The summed E-state index contributed by atoms with van der Waals surface area (Å²) >= 11 is 1.73. The fraction of sp³-hybridized carbons (Fsp3) is 0.500. The SMILES string of the molecule is c1csc(COC[C@@H]2CO2)c1. The standard InChI is InChI=1S/C8H10O2S/c1-2-8(11-3-1)6-9-4-7-5-10-7/h1-3,7H,4-6H2/t7-/m1/s1. The number of rotatable bonds is 4. The highest BCUT2D eigenvalue weighted by Gasteiger charge is 2.22. The molecule has 1 aromatic rings. The molecule has 0 N–H and O–H groups in total. The molecule has 1 aromatic heterocycles. The molecule has 0 aromatic carbocycles. The van der Waals surface area contributed by atoms with Crippen LogP contribution in [0.2, 0.25) is 0 Å². The van der Waals surface area contributed by atoms with Gasteiger partial charge in [0.05, 0.1) is 19.8 Å². The largest absolute Gasteiger partial charge is 0.373 e. The molecule has 0 aliphatic carbocycles. The second kappa shape index (κ2) is 3.34. The molecule has 0 spiro atoms. The average molecular weight is 170 g/mol. The number of hydrogen-bond acceptors (Lipinski definition) is 3. The Kier molecular flexibility index (Phi) is 2.21. The lowest BCUT2D eigenvalue weighted by atomic mass is 10.5. The molecule has 60 valence electrons. The van der Waals surface area contributed by atoms with Gasteiger partial charge in [-0.25, -0.2) is 0 Å². The first-order valence-electron chi connectivity index (χ1n) is 3.67.